The summed E-state index contributed by atoms with van der Waals surface area (Å²) in [4.78, 5) is 11.3. The molecule has 0 bridgehead atoms. The van der Waals surface area contributed by atoms with Crippen molar-refractivity contribution < 1.29 is 4.42 Å². The molecule has 0 saturated carbocycles. The van der Waals surface area contributed by atoms with Gasteiger partial charge in [-0.15, -0.1) is 24.0 Å². The number of halogens is 1. The van der Waals surface area contributed by atoms with Crippen LogP contribution in [0.2, 0.25) is 0 Å². The van der Waals surface area contributed by atoms with Crippen LogP contribution in [0.25, 0.3) is 0 Å². The Morgan fingerprint density at radius 2 is 2.04 bits per heavy atom. The first-order valence-corrected chi connectivity index (χ1v) is 9.57. The largest absolute Gasteiger partial charge is 0.443 e. The van der Waals surface area contributed by atoms with E-state index in [0.717, 1.165) is 24.6 Å². The molecule has 0 aromatic carbocycles. The Balaban J connectivity index is 0.00000338. The summed E-state index contributed by atoms with van der Waals surface area (Å²) in [7, 11) is 1.81. The molecule has 0 unspecified atom stereocenters. The molecule has 150 valence electrons. The Hall–Kier alpha value is -0.830. The average molecular weight is 477 g/mol. The van der Waals surface area contributed by atoms with Gasteiger partial charge < -0.3 is 20.0 Å². The van der Waals surface area contributed by atoms with Crippen LogP contribution in [0.1, 0.15) is 65.0 Å². The maximum atomic E-state index is 5.82. The lowest BCUT2D eigenvalue weighted by Gasteiger charge is -2.33. The molecule has 26 heavy (non-hydrogen) atoms. The van der Waals surface area contributed by atoms with Gasteiger partial charge in [0.1, 0.15) is 5.76 Å². The first-order chi connectivity index (χ1) is 11.9. The third kappa shape index (κ3) is 7.42. The molecule has 1 saturated heterocycles. The van der Waals surface area contributed by atoms with Crippen LogP contribution in [0.3, 0.4) is 0 Å². The van der Waals surface area contributed by atoms with Crippen LogP contribution in [-0.2, 0) is 12.0 Å². The Labute approximate surface area is 175 Å². The highest BCUT2D eigenvalue weighted by Gasteiger charge is 2.21. The van der Waals surface area contributed by atoms with E-state index < -0.39 is 0 Å². The number of guanidine groups is 1. The second-order valence-corrected chi connectivity index (χ2v) is 7.91. The molecular formula is C19H36IN5O. The highest BCUT2D eigenvalue weighted by atomic mass is 127. The predicted molar refractivity (Wildman–Crippen MR) is 118 cm³/mol. The van der Waals surface area contributed by atoms with Crippen molar-refractivity contribution in [3.63, 3.8) is 0 Å². The van der Waals surface area contributed by atoms with Gasteiger partial charge in [0.25, 0.3) is 0 Å². The topological polar surface area (TPSA) is 65.7 Å². The van der Waals surface area contributed by atoms with Gasteiger partial charge in [-0.25, -0.2) is 4.98 Å². The van der Waals surface area contributed by atoms with Crippen LogP contribution >= 0.6 is 24.0 Å². The number of aliphatic imine (C=N–C) groups is 1. The first-order valence-electron chi connectivity index (χ1n) is 9.57. The van der Waals surface area contributed by atoms with Crippen molar-refractivity contribution in [2.24, 2.45) is 4.99 Å². The summed E-state index contributed by atoms with van der Waals surface area (Å²) in [5.41, 5.74) is -0.0169. The van der Waals surface area contributed by atoms with E-state index >= 15 is 0 Å². The molecule has 0 amide bonds. The number of rotatable bonds is 6. The highest BCUT2D eigenvalue weighted by molar-refractivity contribution is 14.0. The molecule has 6 nitrogen and oxygen atoms in total. The summed E-state index contributed by atoms with van der Waals surface area (Å²) >= 11 is 0. The van der Waals surface area contributed by atoms with E-state index in [1.54, 1.807) is 0 Å². The minimum atomic E-state index is -0.0169. The normalized spacial score (nSPS) is 17.0. The number of nitrogens with one attached hydrogen (secondary N) is 2. The second-order valence-electron chi connectivity index (χ2n) is 7.91. The van der Waals surface area contributed by atoms with Crippen molar-refractivity contribution in [3.05, 3.63) is 17.8 Å². The predicted octanol–water partition coefficient (Wildman–Crippen LogP) is 3.52. The molecule has 1 fully saturated rings. The summed E-state index contributed by atoms with van der Waals surface area (Å²) < 4.78 is 5.82. The summed E-state index contributed by atoms with van der Waals surface area (Å²) in [6.07, 6.45) is 6.72. The van der Waals surface area contributed by atoms with E-state index in [2.05, 4.69) is 53.2 Å². The summed E-state index contributed by atoms with van der Waals surface area (Å²) in [6, 6.07) is 0.485. The van der Waals surface area contributed by atoms with Crippen molar-refractivity contribution in [1.29, 1.82) is 0 Å². The van der Waals surface area contributed by atoms with Crippen molar-refractivity contribution in [1.82, 2.24) is 20.5 Å². The van der Waals surface area contributed by atoms with Gasteiger partial charge in [-0.1, -0.05) is 34.1 Å². The maximum absolute atomic E-state index is 5.82. The number of piperidine rings is 1. The van der Waals surface area contributed by atoms with Crippen LogP contribution in [0.5, 0.6) is 0 Å². The number of aromatic nitrogens is 1. The quantitative estimate of drug-likeness (QED) is 0.373. The second kappa shape index (κ2) is 11.1. The van der Waals surface area contributed by atoms with Crippen LogP contribution in [0.15, 0.2) is 15.6 Å². The molecular weight excluding hydrogens is 441 g/mol. The first kappa shape index (κ1) is 23.2. The number of nitrogens with zero attached hydrogens (tertiary/aromatic N) is 3. The van der Waals surface area contributed by atoms with Crippen molar-refractivity contribution >= 4 is 29.9 Å². The Kier molecular flexibility index (Phi) is 9.92. The Morgan fingerprint density at radius 3 is 2.58 bits per heavy atom. The zero-order valence-corrected chi connectivity index (χ0v) is 19.3. The number of likely N-dealkylation sites (tertiary alicyclic amines) is 1. The Morgan fingerprint density at radius 1 is 1.35 bits per heavy atom. The fourth-order valence-electron chi connectivity index (χ4n) is 2.97. The molecule has 2 rings (SSSR count). The van der Waals surface area contributed by atoms with Gasteiger partial charge in [-0.05, 0) is 25.8 Å². The maximum Gasteiger partial charge on any atom is 0.213 e. The van der Waals surface area contributed by atoms with Gasteiger partial charge in [0, 0.05) is 31.6 Å². The van der Waals surface area contributed by atoms with E-state index in [0.29, 0.717) is 18.5 Å². The van der Waals surface area contributed by atoms with Gasteiger partial charge in [0.15, 0.2) is 5.96 Å². The number of oxazole rings is 1. The molecule has 0 atom stereocenters. The lowest BCUT2D eigenvalue weighted by Crippen LogP contribution is -2.48. The van der Waals surface area contributed by atoms with Crippen LogP contribution < -0.4 is 10.6 Å². The standard InChI is InChI=1S/C19H35N5O.HI/c1-6-7-10-24-11-8-15(9-12-24)23-18(20-5)22-14-17-21-13-16(25-17)19(2,3)4;/h13,15H,6-12,14H2,1-5H3,(H2,20,22,23);1H. The lowest BCUT2D eigenvalue weighted by atomic mass is 9.94. The number of hydrogen-bond acceptors (Lipinski definition) is 4. The van der Waals surface area contributed by atoms with Crippen LogP contribution in [0.4, 0.5) is 0 Å². The van der Waals surface area contributed by atoms with Crippen LogP contribution in [-0.4, -0.2) is 48.6 Å². The molecule has 2 heterocycles. The minimum Gasteiger partial charge on any atom is -0.443 e. The van der Waals surface area contributed by atoms with Crippen LogP contribution in [0, 0.1) is 0 Å². The SMILES string of the molecule is CCCCN1CCC(NC(=NC)NCc2ncc(C(C)(C)C)o2)CC1.I. The van der Waals surface area contributed by atoms with E-state index in [1.165, 1.54) is 32.5 Å². The summed E-state index contributed by atoms with van der Waals surface area (Å²) in [5, 5.41) is 6.84. The van der Waals surface area contributed by atoms with E-state index in [9.17, 15) is 0 Å². The Bertz CT molecular complexity index is 544. The van der Waals surface area contributed by atoms with Crippen molar-refractivity contribution in [2.45, 2.75) is 71.4 Å². The molecule has 2 N–H and O–H groups in total. The van der Waals surface area contributed by atoms with Gasteiger partial charge >= 0.3 is 0 Å². The number of hydrogen-bond donors (Lipinski definition) is 2. The molecule has 1 aliphatic rings. The third-order valence-corrected chi connectivity index (χ3v) is 4.68. The van der Waals surface area contributed by atoms with Gasteiger partial charge in [0.2, 0.25) is 5.89 Å². The molecule has 1 aromatic rings. The minimum absolute atomic E-state index is 0. The fraction of sp³-hybridized carbons (Fsp3) is 0.789. The summed E-state index contributed by atoms with van der Waals surface area (Å²) in [5.74, 6) is 2.43. The molecule has 0 spiro atoms. The molecule has 0 aliphatic carbocycles. The average Bonchev–Trinajstić information content (AvgIpc) is 3.07. The van der Waals surface area contributed by atoms with Gasteiger partial charge in [-0.3, -0.25) is 4.99 Å². The number of unbranched alkanes of at least 4 members (excludes halogenated alkanes) is 1. The molecule has 0 radical (unpaired) electrons. The lowest BCUT2D eigenvalue weighted by molar-refractivity contribution is 0.203. The van der Waals surface area contributed by atoms with E-state index in [1.807, 2.05) is 13.2 Å². The van der Waals surface area contributed by atoms with Gasteiger partial charge in [-0.2, -0.15) is 0 Å². The van der Waals surface area contributed by atoms with E-state index in [-0.39, 0.29) is 29.4 Å². The van der Waals surface area contributed by atoms with Gasteiger partial charge in [0.05, 0.1) is 12.7 Å². The third-order valence-electron chi connectivity index (χ3n) is 4.68. The zero-order chi connectivity index (χ0) is 18.3. The molecule has 7 heteroatoms. The van der Waals surface area contributed by atoms with E-state index in [4.69, 9.17) is 4.42 Å². The smallest absolute Gasteiger partial charge is 0.213 e. The van der Waals surface area contributed by atoms with Crippen molar-refractivity contribution in [2.75, 3.05) is 26.7 Å². The fourth-order valence-corrected chi connectivity index (χ4v) is 2.97. The monoisotopic (exact) mass is 477 g/mol. The highest BCUT2D eigenvalue weighted by Crippen LogP contribution is 2.22. The zero-order valence-electron chi connectivity index (χ0n) is 17.0. The summed E-state index contributed by atoms with van der Waals surface area (Å²) in [6.45, 7) is 12.7. The molecule has 1 aromatic heterocycles. The molecule has 1 aliphatic heterocycles. The van der Waals surface area contributed by atoms with Crippen molar-refractivity contribution in [3.8, 4) is 0 Å².